The van der Waals surface area contributed by atoms with Gasteiger partial charge in [0, 0.05) is 5.56 Å². The topological polar surface area (TPSA) is 44.8 Å². The van der Waals surface area contributed by atoms with Crippen LogP contribution in [0.15, 0.2) is 48.5 Å². The molecule has 0 aliphatic carbocycles. The van der Waals surface area contributed by atoms with Gasteiger partial charge in [-0.25, -0.2) is 13.6 Å². The molecule has 0 radical (unpaired) electrons. The van der Waals surface area contributed by atoms with Gasteiger partial charge in [0.25, 0.3) is 0 Å². The van der Waals surface area contributed by atoms with Crippen molar-refractivity contribution in [2.24, 2.45) is 5.92 Å². The lowest BCUT2D eigenvalue weighted by atomic mass is 10.1. The number of carbonyl (C=O) groups excluding carboxylic acids is 1. The van der Waals surface area contributed by atoms with Gasteiger partial charge in [0.1, 0.15) is 17.1 Å². The van der Waals surface area contributed by atoms with Crippen LogP contribution < -0.4 is 14.2 Å². The first-order valence-electron chi connectivity index (χ1n) is 12.3. The average Bonchev–Trinajstić information content (AvgIpc) is 2.93. The highest BCUT2D eigenvalue weighted by atomic mass is 19.2. The van der Waals surface area contributed by atoms with E-state index in [1.165, 1.54) is 24.3 Å². The monoisotopic (exact) mass is 528 g/mol. The van der Waals surface area contributed by atoms with Crippen LogP contribution in [-0.4, -0.2) is 19.2 Å². The Morgan fingerprint density at radius 2 is 1.42 bits per heavy atom. The number of unbranched alkanes of at least 4 members (excludes halogenated alkanes) is 1. The van der Waals surface area contributed by atoms with E-state index in [2.05, 4.69) is 18.8 Å². The molecule has 38 heavy (non-hydrogen) atoms. The minimum atomic E-state index is -1.64. The van der Waals surface area contributed by atoms with E-state index >= 15 is 0 Å². The van der Waals surface area contributed by atoms with Gasteiger partial charge in [0.15, 0.2) is 17.4 Å². The van der Waals surface area contributed by atoms with Gasteiger partial charge in [0.05, 0.1) is 18.8 Å². The molecule has 0 spiro atoms. The summed E-state index contributed by atoms with van der Waals surface area (Å²) in [7, 11) is 0. The van der Waals surface area contributed by atoms with Crippen LogP contribution in [0.2, 0.25) is 0 Å². The first kappa shape index (κ1) is 28.6. The molecule has 0 aliphatic rings. The molecule has 0 unspecified atom stereocenters. The SMILES string of the molecule is CCCCOc1ccc(OC(=O)c2ccc(C#Cc3c(F)c(F)c(OC[C@@H](C)CC)c(F)c3F)cc2)cc1. The fraction of sp³-hybridized carbons (Fsp3) is 0.300. The molecule has 0 heterocycles. The zero-order valence-corrected chi connectivity index (χ0v) is 21.4. The van der Waals surface area contributed by atoms with Crippen LogP contribution in [-0.2, 0) is 0 Å². The Kier molecular flexibility index (Phi) is 10.2. The second kappa shape index (κ2) is 13.5. The van der Waals surface area contributed by atoms with Crippen molar-refractivity contribution in [3.63, 3.8) is 0 Å². The zero-order chi connectivity index (χ0) is 27.7. The quantitative estimate of drug-likeness (QED) is 0.0684. The van der Waals surface area contributed by atoms with Gasteiger partial charge in [-0.1, -0.05) is 45.5 Å². The normalized spacial score (nSPS) is 11.3. The van der Waals surface area contributed by atoms with Gasteiger partial charge in [-0.2, -0.15) is 8.78 Å². The van der Waals surface area contributed by atoms with Crippen molar-refractivity contribution in [3.8, 4) is 29.1 Å². The Balaban J connectivity index is 1.69. The molecule has 3 aromatic rings. The van der Waals surface area contributed by atoms with Crippen LogP contribution in [0.3, 0.4) is 0 Å². The third-order valence-electron chi connectivity index (χ3n) is 5.69. The van der Waals surface area contributed by atoms with E-state index in [0.29, 0.717) is 24.5 Å². The van der Waals surface area contributed by atoms with E-state index in [4.69, 9.17) is 14.2 Å². The number of carbonyl (C=O) groups is 1. The molecule has 0 aliphatic heterocycles. The van der Waals surface area contributed by atoms with Crippen molar-refractivity contribution < 1.29 is 36.6 Å². The first-order chi connectivity index (χ1) is 18.2. The van der Waals surface area contributed by atoms with Gasteiger partial charge >= 0.3 is 5.97 Å². The Labute approximate surface area is 219 Å². The Morgan fingerprint density at radius 3 is 2.00 bits per heavy atom. The van der Waals surface area contributed by atoms with Crippen LogP contribution in [0.25, 0.3) is 0 Å². The predicted molar refractivity (Wildman–Crippen MR) is 135 cm³/mol. The number of esters is 1. The number of rotatable bonds is 10. The lowest BCUT2D eigenvalue weighted by Crippen LogP contribution is -2.12. The molecule has 3 aromatic carbocycles. The summed E-state index contributed by atoms with van der Waals surface area (Å²) in [6.07, 6.45) is 2.62. The number of hydrogen-bond acceptors (Lipinski definition) is 4. The van der Waals surface area contributed by atoms with Gasteiger partial charge in [0.2, 0.25) is 11.6 Å². The summed E-state index contributed by atoms with van der Waals surface area (Å²) < 4.78 is 73.5. The minimum absolute atomic E-state index is 0.0601. The summed E-state index contributed by atoms with van der Waals surface area (Å²) in [5.41, 5.74) is -0.593. The molecular weight excluding hydrogens is 500 g/mol. The molecule has 0 saturated carbocycles. The summed E-state index contributed by atoms with van der Waals surface area (Å²) in [6.45, 7) is 6.19. The number of benzene rings is 3. The Bertz CT molecular complexity index is 1280. The average molecular weight is 529 g/mol. The maximum absolute atomic E-state index is 14.5. The molecule has 1 atom stereocenters. The second-order valence-corrected chi connectivity index (χ2v) is 8.67. The molecule has 3 rings (SSSR count). The number of hydrogen-bond donors (Lipinski definition) is 0. The van der Waals surface area contributed by atoms with Gasteiger partial charge in [-0.05, 0) is 60.9 Å². The van der Waals surface area contributed by atoms with Crippen LogP contribution in [0.4, 0.5) is 17.6 Å². The molecule has 4 nitrogen and oxygen atoms in total. The van der Waals surface area contributed by atoms with Gasteiger partial charge in [-0.3, -0.25) is 0 Å². The summed E-state index contributed by atoms with van der Waals surface area (Å²) >= 11 is 0. The molecule has 0 saturated heterocycles. The summed E-state index contributed by atoms with van der Waals surface area (Å²) in [4.78, 5) is 12.4. The molecule has 8 heteroatoms. The van der Waals surface area contributed by atoms with E-state index in [-0.39, 0.29) is 23.7 Å². The Morgan fingerprint density at radius 1 is 0.816 bits per heavy atom. The first-order valence-corrected chi connectivity index (χ1v) is 12.3. The maximum Gasteiger partial charge on any atom is 0.343 e. The lowest BCUT2D eigenvalue weighted by molar-refractivity contribution is 0.0734. The highest BCUT2D eigenvalue weighted by molar-refractivity contribution is 5.91. The molecule has 0 amide bonds. The van der Waals surface area contributed by atoms with E-state index < -0.39 is 40.6 Å². The molecule has 0 bridgehead atoms. The molecule has 0 N–H and O–H groups in total. The van der Waals surface area contributed by atoms with Crippen LogP contribution in [0.1, 0.15) is 61.5 Å². The van der Waals surface area contributed by atoms with Crippen molar-refractivity contribution in [2.75, 3.05) is 13.2 Å². The summed E-state index contributed by atoms with van der Waals surface area (Å²) in [5, 5.41) is 0. The molecule has 0 aromatic heterocycles. The second-order valence-electron chi connectivity index (χ2n) is 8.67. The van der Waals surface area contributed by atoms with Gasteiger partial charge < -0.3 is 14.2 Å². The van der Waals surface area contributed by atoms with E-state index in [9.17, 15) is 22.4 Å². The van der Waals surface area contributed by atoms with Crippen LogP contribution in [0, 0.1) is 41.0 Å². The predicted octanol–water partition coefficient (Wildman–Crippen LogP) is 7.47. The van der Waals surface area contributed by atoms with Crippen LogP contribution >= 0.6 is 0 Å². The highest BCUT2D eigenvalue weighted by Gasteiger charge is 2.26. The maximum atomic E-state index is 14.5. The Hall–Kier alpha value is -3.99. The van der Waals surface area contributed by atoms with Crippen molar-refractivity contribution in [3.05, 3.63) is 88.5 Å². The van der Waals surface area contributed by atoms with Gasteiger partial charge in [-0.15, -0.1) is 0 Å². The fourth-order valence-corrected chi connectivity index (χ4v) is 3.12. The zero-order valence-electron chi connectivity index (χ0n) is 21.4. The third-order valence-corrected chi connectivity index (χ3v) is 5.69. The highest BCUT2D eigenvalue weighted by Crippen LogP contribution is 2.30. The van der Waals surface area contributed by atoms with Crippen molar-refractivity contribution >= 4 is 5.97 Å². The fourth-order valence-electron chi connectivity index (χ4n) is 3.12. The van der Waals surface area contributed by atoms with Crippen molar-refractivity contribution in [1.82, 2.24) is 0 Å². The van der Waals surface area contributed by atoms with Crippen molar-refractivity contribution in [1.29, 1.82) is 0 Å². The minimum Gasteiger partial charge on any atom is -0.494 e. The molecule has 0 fully saturated rings. The number of ether oxygens (including phenoxy) is 3. The van der Waals surface area contributed by atoms with E-state index in [1.54, 1.807) is 31.2 Å². The number of halogens is 4. The largest absolute Gasteiger partial charge is 0.494 e. The van der Waals surface area contributed by atoms with Crippen molar-refractivity contribution in [2.45, 2.75) is 40.0 Å². The molecular formula is C30H28F4O4. The van der Waals surface area contributed by atoms with Crippen LogP contribution in [0.5, 0.6) is 17.2 Å². The lowest BCUT2D eigenvalue weighted by Gasteiger charge is -2.13. The standard InChI is InChI=1S/C30H28F4O4/c1-4-6-17-36-22-12-14-23(15-13-22)38-30(35)21-10-7-20(8-11-21)9-16-24-25(31)27(33)29(28(34)26(24)32)37-18-19(3)5-2/h7-8,10-15,19H,4-6,17-18H2,1-3H3/t19-/m0/s1. The molecule has 200 valence electrons. The van der Waals surface area contributed by atoms with E-state index in [1.807, 2.05) is 6.92 Å². The smallest absolute Gasteiger partial charge is 0.343 e. The summed E-state index contributed by atoms with van der Waals surface area (Å²) in [5.74, 6) is -2.78. The summed E-state index contributed by atoms with van der Waals surface area (Å²) in [6, 6.07) is 12.3. The third kappa shape index (κ3) is 7.28. The van der Waals surface area contributed by atoms with E-state index in [0.717, 1.165) is 12.8 Å².